The number of rotatable bonds is 5. The van der Waals surface area contributed by atoms with Gasteiger partial charge in [0.1, 0.15) is 0 Å². The minimum absolute atomic E-state index is 0.00702. The van der Waals surface area contributed by atoms with E-state index in [0.29, 0.717) is 30.4 Å². The normalized spacial score (nSPS) is 17.9. The molecule has 4 heterocycles. The standard InChI is InChI=1S/C22H27F3N6O/c1-13(2)17-8-16(22(23,24)25)18-19(29-32-20(18)28-17)15-6-5-7-31(12-15)11-14-9-26-21(27-10-14)30(3)4/h8-10,13,15H,5-7,11-12H2,1-4H3/t15-/m0/s1. The van der Waals surface area contributed by atoms with Crippen LogP contribution in [0, 0.1) is 0 Å². The number of hydrogen-bond acceptors (Lipinski definition) is 7. The van der Waals surface area contributed by atoms with E-state index in [1.807, 2.05) is 19.0 Å². The van der Waals surface area contributed by atoms with Crippen LogP contribution in [0.2, 0.25) is 0 Å². The van der Waals surface area contributed by atoms with Gasteiger partial charge in [0, 0.05) is 56.8 Å². The molecule has 1 atom stereocenters. The molecule has 32 heavy (non-hydrogen) atoms. The number of alkyl halides is 3. The Morgan fingerprint density at radius 2 is 1.94 bits per heavy atom. The van der Waals surface area contributed by atoms with Crippen molar-refractivity contribution in [2.45, 2.75) is 51.2 Å². The molecular formula is C22H27F3N6O. The molecule has 172 valence electrons. The Labute approximate surface area is 184 Å². The van der Waals surface area contributed by atoms with Gasteiger partial charge in [-0.05, 0) is 31.4 Å². The van der Waals surface area contributed by atoms with Crippen molar-refractivity contribution in [2.24, 2.45) is 0 Å². The van der Waals surface area contributed by atoms with Crippen LogP contribution < -0.4 is 4.90 Å². The van der Waals surface area contributed by atoms with Crippen molar-refractivity contribution in [3.63, 3.8) is 0 Å². The zero-order chi connectivity index (χ0) is 23.0. The fraction of sp³-hybridized carbons (Fsp3) is 0.545. The fourth-order valence-electron chi connectivity index (χ4n) is 4.13. The van der Waals surface area contributed by atoms with Crippen LogP contribution in [0.4, 0.5) is 19.1 Å². The number of aromatic nitrogens is 4. The quantitative estimate of drug-likeness (QED) is 0.565. The van der Waals surface area contributed by atoms with E-state index < -0.39 is 11.7 Å². The molecule has 10 heteroatoms. The molecule has 0 saturated carbocycles. The molecule has 0 amide bonds. The van der Waals surface area contributed by atoms with Gasteiger partial charge in [0.2, 0.25) is 5.95 Å². The van der Waals surface area contributed by atoms with Crippen LogP contribution in [0.3, 0.4) is 0 Å². The summed E-state index contributed by atoms with van der Waals surface area (Å²) in [6.07, 6.45) is 0.671. The van der Waals surface area contributed by atoms with Crippen molar-refractivity contribution in [3.05, 3.63) is 41.0 Å². The molecule has 7 nitrogen and oxygen atoms in total. The Morgan fingerprint density at radius 3 is 2.56 bits per heavy atom. The molecule has 0 N–H and O–H groups in total. The van der Waals surface area contributed by atoms with Gasteiger partial charge >= 0.3 is 6.18 Å². The summed E-state index contributed by atoms with van der Waals surface area (Å²) in [6.45, 7) is 5.67. The van der Waals surface area contributed by atoms with Crippen molar-refractivity contribution in [3.8, 4) is 0 Å². The highest BCUT2D eigenvalue weighted by atomic mass is 19.4. The number of anilines is 1. The maximum absolute atomic E-state index is 13.9. The third kappa shape index (κ3) is 4.55. The Bertz CT molecular complexity index is 1080. The van der Waals surface area contributed by atoms with Crippen molar-refractivity contribution in [2.75, 3.05) is 32.1 Å². The van der Waals surface area contributed by atoms with Crippen LogP contribution in [0.5, 0.6) is 0 Å². The number of piperidine rings is 1. The Morgan fingerprint density at radius 1 is 1.22 bits per heavy atom. The third-order valence-electron chi connectivity index (χ3n) is 5.78. The van der Waals surface area contributed by atoms with Gasteiger partial charge in [0.25, 0.3) is 5.71 Å². The van der Waals surface area contributed by atoms with E-state index >= 15 is 0 Å². The summed E-state index contributed by atoms with van der Waals surface area (Å²) in [5.41, 5.74) is 0.897. The number of pyridine rings is 1. The van der Waals surface area contributed by atoms with E-state index in [4.69, 9.17) is 4.52 Å². The van der Waals surface area contributed by atoms with Crippen LogP contribution in [-0.4, -0.2) is 52.2 Å². The predicted molar refractivity (Wildman–Crippen MR) is 115 cm³/mol. The van der Waals surface area contributed by atoms with Gasteiger partial charge < -0.3 is 9.42 Å². The molecule has 1 saturated heterocycles. The summed E-state index contributed by atoms with van der Waals surface area (Å²) in [5, 5.41) is 4.06. The maximum Gasteiger partial charge on any atom is 0.417 e. The van der Waals surface area contributed by atoms with Crippen LogP contribution in [0.15, 0.2) is 23.0 Å². The number of halogens is 3. The lowest BCUT2D eigenvalue weighted by Crippen LogP contribution is -2.34. The molecule has 0 aliphatic carbocycles. The number of hydrogen-bond donors (Lipinski definition) is 0. The van der Waals surface area contributed by atoms with Crippen molar-refractivity contribution < 1.29 is 17.7 Å². The van der Waals surface area contributed by atoms with Gasteiger partial charge in [-0.25, -0.2) is 15.0 Å². The largest absolute Gasteiger partial charge is 0.417 e. The van der Waals surface area contributed by atoms with Crippen molar-refractivity contribution in [1.29, 1.82) is 0 Å². The van der Waals surface area contributed by atoms with Gasteiger partial charge in [-0.3, -0.25) is 4.90 Å². The molecule has 0 aromatic carbocycles. The molecule has 4 rings (SSSR count). The topological polar surface area (TPSA) is 71.2 Å². The van der Waals surface area contributed by atoms with Crippen molar-refractivity contribution in [1.82, 2.24) is 25.0 Å². The zero-order valence-electron chi connectivity index (χ0n) is 18.6. The predicted octanol–water partition coefficient (Wildman–Crippen LogP) is 4.60. The van der Waals surface area contributed by atoms with E-state index in [9.17, 15) is 13.2 Å². The average molecular weight is 448 g/mol. The molecule has 3 aromatic rings. The van der Waals surface area contributed by atoms with Gasteiger partial charge in [-0.15, -0.1) is 0 Å². The van der Waals surface area contributed by atoms with Crippen LogP contribution in [0.1, 0.15) is 61.0 Å². The first-order chi connectivity index (χ1) is 15.1. The minimum Gasteiger partial charge on any atom is -0.347 e. The second kappa shape index (κ2) is 8.65. The van der Waals surface area contributed by atoms with E-state index in [-0.39, 0.29) is 22.9 Å². The second-order valence-corrected chi connectivity index (χ2v) is 8.86. The number of likely N-dealkylation sites (tertiary alicyclic amines) is 1. The summed E-state index contributed by atoms with van der Waals surface area (Å²) < 4.78 is 47.1. The first-order valence-electron chi connectivity index (χ1n) is 10.7. The first kappa shape index (κ1) is 22.4. The maximum atomic E-state index is 13.9. The smallest absolute Gasteiger partial charge is 0.347 e. The molecule has 1 fully saturated rings. The molecule has 0 radical (unpaired) electrons. The second-order valence-electron chi connectivity index (χ2n) is 8.86. The van der Waals surface area contributed by atoms with Crippen LogP contribution in [0.25, 0.3) is 11.1 Å². The SMILES string of the molecule is CC(C)c1cc(C(F)(F)F)c2c([C@H]3CCCN(Cc4cnc(N(C)C)nc4)C3)noc2n1. The molecule has 3 aromatic heterocycles. The number of fused-ring (bicyclic) bond motifs is 1. The monoisotopic (exact) mass is 448 g/mol. The molecule has 0 unspecified atom stereocenters. The molecule has 1 aliphatic heterocycles. The van der Waals surface area contributed by atoms with Gasteiger partial charge in [-0.1, -0.05) is 19.0 Å². The Kier molecular flexibility index (Phi) is 6.07. The molecule has 0 bridgehead atoms. The lowest BCUT2D eigenvalue weighted by atomic mass is 9.91. The summed E-state index contributed by atoms with van der Waals surface area (Å²) in [6, 6.07) is 1.14. The molecule has 0 spiro atoms. The van der Waals surface area contributed by atoms with Crippen LogP contribution >= 0.6 is 0 Å². The van der Waals surface area contributed by atoms with Gasteiger partial charge in [-0.2, -0.15) is 13.2 Å². The first-order valence-corrected chi connectivity index (χ1v) is 10.7. The fourth-order valence-corrected chi connectivity index (χ4v) is 4.13. The highest BCUT2D eigenvalue weighted by Gasteiger charge is 2.38. The minimum atomic E-state index is -4.51. The van der Waals surface area contributed by atoms with E-state index in [0.717, 1.165) is 31.0 Å². The number of nitrogens with zero attached hydrogens (tertiary/aromatic N) is 6. The van der Waals surface area contributed by atoms with Crippen LogP contribution in [-0.2, 0) is 12.7 Å². The summed E-state index contributed by atoms with van der Waals surface area (Å²) in [4.78, 5) is 17.0. The lowest BCUT2D eigenvalue weighted by molar-refractivity contribution is -0.136. The van der Waals surface area contributed by atoms with Gasteiger partial charge in [0.15, 0.2) is 0 Å². The molecule has 1 aliphatic rings. The van der Waals surface area contributed by atoms with Gasteiger partial charge in [0.05, 0.1) is 16.6 Å². The third-order valence-corrected chi connectivity index (χ3v) is 5.78. The van der Waals surface area contributed by atoms with E-state index in [1.165, 1.54) is 0 Å². The highest BCUT2D eigenvalue weighted by Crippen LogP contribution is 2.40. The average Bonchev–Trinajstić information content (AvgIpc) is 3.17. The van der Waals surface area contributed by atoms with E-state index in [2.05, 4.69) is 25.0 Å². The summed E-state index contributed by atoms with van der Waals surface area (Å²) in [7, 11) is 3.75. The van der Waals surface area contributed by atoms with Crippen molar-refractivity contribution >= 4 is 17.0 Å². The lowest BCUT2D eigenvalue weighted by Gasteiger charge is -2.32. The summed E-state index contributed by atoms with van der Waals surface area (Å²) in [5.74, 6) is 0.312. The Balaban J connectivity index is 1.61. The summed E-state index contributed by atoms with van der Waals surface area (Å²) >= 11 is 0. The zero-order valence-corrected chi connectivity index (χ0v) is 18.6. The Hall–Kier alpha value is -2.75. The molecular weight excluding hydrogens is 421 g/mol. The van der Waals surface area contributed by atoms with E-state index in [1.54, 1.807) is 26.2 Å². The highest BCUT2D eigenvalue weighted by molar-refractivity contribution is 5.81.